The third-order valence-electron chi connectivity index (χ3n) is 3.69. The first-order valence-electron chi connectivity index (χ1n) is 7.86. The molecule has 3 rings (SSSR count). The molecule has 0 saturated carbocycles. The predicted octanol–water partition coefficient (Wildman–Crippen LogP) is 1.40. The van der Waals surface area contributed by atoms with Gasteiger partial charge in [-0.1, -0.05) is 6.07 Å². The Morgan fingerprint density at radius 1 is 1.15 bits per heavy atom. The second-order valence-electron chi connectivity index (χ2n) is 5.81. The molecule has 9 nitrogen and oxygen atoms in total. The molecular weight excluding hydrogens is 372 g/mol. The lowest BCUT2D eigenvalue weighted by atomic mass is 10.1. The minimum absolute atomic E-state index is 0.0211. The van der Waals surface area contributed by atoms with Crippen LogP contribution in [0.4, 0.5) is 5.95 Å². The van der Waals surface area contributed by atoms with Crippen molar-refractivity contribution in [2.75, 3.05) is 31.5 Å². The lowest BCUT2D eigenvalue weighted by Crippen LogP contribution is -2.22. The van der Waals surface area contributed by atoms with Crippen LogP contribution in [0, 0.1) is 0 Å². The van der Waals surface area contributed by atoms with Gasteiger partial charge in [-0.15, -0.1) is 5.10 Å². The maximum absolute atomic E-state index is 11.7. The molecule has 0 aliphatic carbocycles. The molecule has 3 aromatic rings. The number of benzene rings is 1. The SMILES string of the molecule is COc1cccc(OC)c1-c1ccc2nc(NC(=O)CS(C)(=O)=O)nn2c1. The summed E-state index contributed by atoms with van der Waals surface area (Å²) in [5.74, 6) is -0.0366. The third-order valence-corrected chi connectivity index (χ3v) is 4.48. The average Bonchev–Trinajstić information content (AvgIpc) is 3.00. The highest BCUT2D eigenvalue weighted by molar-refractivity contribution is 7.91. The molecule has 0 aliphatic heterocycles. The number of nitrogens with zero attached hydrogens (tertiary/aromatic N) is 3. The monoisotopic (exact) mass is 390 g/mol. The highest BCUT2D eigenvalue weighted by atomic mass is 32.2. The second-order valence-corrected chi connectivity index (χ2v) is 7.95. The Kier molecular flexibility index (Phi) is 5.00. The Morgan fingerprint density at radius 3 is 2.41 bits per heavy atom. The highest BCUT2D eigenvalue weighted by Gasteiger charge is 2.16. The van der Waals surface area contributed by atoms with Crippen LogP contribution in [0.1, 0.15) is 0 Å². The molecule has 0 unspecified atom stereocenters. The van der Waals surface area contributed by atoms with E-state index in [-0.39, 0.29) is 5.95 Å². The summed E-state index contributed by atoms with van der Waals surface area (Å²) in [6, 6.07) is 9.01. The number of hydrogen-bond acceptors (Lipinski definition) is 7. The number of carbonyl (C=O) groups excluding carboxylic acids is 1. The lowest BCUT2D eigenvalue weighted by Gasteiger charge is -2.13. The molecule has 0 radical (unpaired) electrons. The first-order valence-corrected chi connectivity index (χ1v) is 9.92. The summed E-state index contributed by atoms with van der Waals surface area (Å²) in [5.41, 5.74) is 2.01. The summed E-state index contributed by atoms with van der Waals surface area (Å²) >= 11 is 0. The molecular formula is C17H18N4O5S. The van der Waals surface area contributed by atoms with Gasteiger partial charge in [0, 0.05) is 18.0 Å². The fourth-order valence-electron chi connectivity index (χ4n) is 2.62. The quantitative estimate of drug-likeness (QED) is 0.677. The molecule has 142 valence electrons. The zero-order chi connectivity index (χ0) is 19.6. The number of aromatic nitrogens is 3. The van der Waals surface area contributed by atoms with Crippen LogP contribution in [-0.2, 0) is 14.6 Å². The molecule has 0 fully saturated rings. The molecule has 0 aliphatic rings. The fraction of sp³-hybridized carbons (Fsp3) is 0.235. The number of hydrogen-bond donors (Lipinski definition) is 1. The van der Waals surface area contributed by atoms with Crippen molar-refractivity contribution >= 4 is 27.3 Å². The lowest BCUT2D eigenvalue weighted by molar-refractivity contribution is -0.113. The van der Waals surface area contributed by atoms with Gasteiger partial charge in [-0.3, -0.25) is 10.1 Å². The summed E-state index contributed by atoms with van der Waals surface area (Å²) in [4.78, 5) is 15.9. The van der Waals surface area contributed by atoms with Gasteiger partial charge in [0.05, 0.1) is 19.8 Å². The zero-order valence-electron chi connectivity index (χ0n) is 15.0. The van der Waals surface area contributed by atoms with Gasteiger partial charge in [0.15, 0.2) is 15.5 Å². The van der Waals surface area contributed by atoms with Crippen LogP contribution in [0.25, 0.3) is 16.8 Å². The molecule has 1 aromatic carbocycles. The normalized spacial score (nSPS) is 11.4. The minimum atomic E-state index is -3.43. The van der Waals surface area contributed by atoms with Gasteiger partial charge in [-0.05, 0) is 24.3 Å². The maximum atomic E-state index is 11.7. The van der Waals surface area contributed by atoms with Crippen molar-refractivity contribution in [2.24, 2.45) is 0 Å². The Labute approximate surface area is 155 Å². The number of rotatable bonds is 6. The van der Waals surface area contributed by atoms with Gasteiger partial charge in [-0.2, -0.15) is 4.98 Å². The Bertz CT molecular complexity index is 1090. The molecule has 2 heterocycles. The largest absolute Gasteiger partial charge is 0.496 e. The number of methoxy groups -OCH3 is 2. The molecule has 0 spiro atoms. The number of pyridine rings is 1. The Hall–Kier alpha value is -3.14. The van der Waals surface area contributed by atoms with E-state index in [0.717, 1.165) is 17.4 Å². The van der Waals surface area contributed by atoms with E-state index in [1.54, 1.807) is 26.5 Å². The zero-order valence-corrected chi connectivity index (χ0v) is 15.8. The highest BCUT2D eigenvalue weighted by Crippen LogP contribution is 2.38. The molecule has 0 saturated heterocycles. The molecule has 10 heteroatoms. The maximum Gasteiger partial charge on any atom is 0.249 e. The van der Waals surface area contributed by atoms with Crippen LogP contribution in [0.5, 0.6) is 11.5 Å². The summed E-state index contributed by atoms with van der Waals surface area (Å²) in [6.07, 6.45) is 2.70. The molecule has 0 bridgehead atoms. The van der Waals surface area contributed by atoms with Crippen molar-refractivity contribution in [1.82, 2.24) is 14.6 Å². The van der Waals surface area contributed by atoms with E-state index in [2.05, 4.69) is 15.4 Å². The first-order chi connectivity index (χ1) is 12.8. The van der Waals surface area contributed by atoms with E-state index in [1.165, 1.54) is 4.52 Å². The number of carbonyl (C=O) groups is 1. The molecule has 0 atom stereocenters. The Balaban J connectivity index is 1.97. The van der Waals surface area contributed by atoms with Crippen molar-refractivity contribution in [1.29, 1.82) is 0 Å². The summed E-state index contributed by atoms with van der Waals surface area (Å²) in [6.45, 7) is 0. The average molecular weight is 390 g/mol. The van der Waals surface area contributed by atoms with Gasteiger partial charge in [-0.25, -0.2) is 12.9 Å². The van der Waals surface area contributed by atoms with Crippen molar-refractivity contribution < 1.29 is 22.7 Å². The van der Waals surface area contributed by atoms with Crippen LogP contribution in [0.2, 0.25) is 0 Å². The van der Waals surface area contributed by atoms with Crippen LogP contribution in [0.3, 0.4) is 0 Å². The molecule has 27 heavy (non-hydrogen) atoms. The summed E-state index contributed by atoms with van der Waals surface area (Å²) in [7, 11) is -0.292. The topological polar surface area (TPSA) is 112 Å². The van der Waals surface area contributed by atoms with Gasteiger partial charge < -0.3 is 9.47 Å². The van der Waals surface area contributed by atoms with Crippen molar-refractivity contribution in [3.05, 3.63) is 36.5 Å². The first kappa shape index (κ1) is 18.6. The molecule has 1 amide bonds. The van der Waals surface area contributed by atoms with E-state index in [4.69, 9.17) is 9.47 Å². The number of sulfone groups is 1. The third kappa shape index (κ3) is 4.17. The fourth-order valence-corrected chi connectivity index (χ4v) is 3.17. The van der Waals surface area contributed by atoms with Gasteiger partial charge >= 0.3 is 0 Å². The van der Waals surface area contributed by atoms with Crippen molar-refractivity contribution in [3.8, 4) is 22.6 Å². The van der Waals surface area contributed by atoms with Crippen LogP contribution in [0.15, 0.2) is 36.5 Å². The number of amides is 1. The van der Waals surface area contributed by atoms with E-state index >= 15 is 0 Å². The standard InChI is InChI=1S/C17H18N4O5S/c1-25-12-5-4-6-13(26-2)16(12)11-7-8-14-18-17(20-21(14)9-11)19-15(22)10-27(3,23)24/h4-9H,10H2,1-3H3,(H,19,20,22). The summed E-state index contributed by atoms with van der Waals surface area (Å²) < 4.78 is 34.7. The van der Waals surface area contributed by atoms with E-state index < -0.39 is 21.5 Å². The molecule has 2 aromatic heterocycles. The van der Waals surface area contributed by atoms with Crippen molar-refractivity contribution in [3.63, 3.8) is 0 Å². The summed E-state index contributed by atoms with van der Waals surface area (Å²) in [5, 5.41) is 6.56. The van der Waals surface area contributed by atoms with Crippen LogP contribution >= 0.6 is 0 Å². The van der Waals surface area contributed by atoms with Crippen molar-refractivity contribution in [2.45, 2.75) is 0 Å². The number of ether oxygens (including phenoxy) is 2. The minimum Gasteiger partial charge on any atom is -0.496 e. The second kappa shape index (κ2) is 7.23. The van der Waals surface area contributed by atoms with Crippen LogP contribution < -0.4 is 14.8 Å². The van der Waals surface area contributed by atoms with E-state index in [9.17, 15) is 13.2 Å². The van der Waals surface area contributed by atoms with E-state index in [1.807, 2.05) is 24.3 Å². The van der Waals surface area contributed by atoms with Crippen LogP contribution in [-0.4, -0.2) is 55.2 Å². The molecule has 1 N–H and O–H groups in total. The predicted molar refractivity (Wildman–Crippen MR) is 99.9 cm³/mol. The smallest absolute Gasteiger partial charge is 0.249 e. The Morgan fingerprint density at radius 2 is 1.81 bits per heavy atom. The van der Waals surface area contributed by atoms with Gasteiger partial charge in [0.25, 0.3) is 0 Å². The van der Waals surface area contributed by atoms with Gasteiger partial charge in [0.1, 0.15) is 17.3 Å². The number of anilines is 1. The van der Waals surface area contributed by atoms with Gasteiger partial charge in [0.2, 0.25) is 11.9 Å². The van der Waals surface area contributed by atoms with E-state index in [0.29, 0.717) is 17.1 Å². The number of fused-ring (bicyclic) bond motifs is 1. The number of nitrogens with one attached hydrogen (secondary N) is 1.